The molecular weight excluding hydrogens is 244 g/mol. The van der Waals surface area contributed by atoms with Gasteiger partial charge in [-0.1, -0.05) is 29.8 Å². The number of aryl methyl sites for hydroxylation is 1. The minimum absolute atomic E-state index is 0.0339. The van der Waals surface area contributed by atoms with Crippen LogP contribution in [-0.4, -0.2) is 23.2 Å². The van der Waals surface area contributed by atoms with Gasteiger partial charge >= 0.3 is 0 Å². The maximum Gasteiger partial charge on any atom is 0.0935 e. The van der Waals surface area contributed by atoms with Gasteiger partial charge in [0.05, 0.1) is 11.6 Å². The second kappa shape index (κ2) is 5.61. The van der Waals surface area contributed by atoms with Crippen LogP contribution in [0.25, 0.3) is 0 Å². The van der Waals surface area contributed by atoms with E-state index in [2.05, 4.69) is 17.1 Å². The van der Waals surface area contributed by atoms with Gasteiger partial charge in [-0.15, -0.1) is 11.3 Å². The summed E-state index contributed by atoms with van der Waals surface area (Å²) in [5.74, 6) is 0. The first-order chi connectivity index (χ1) is 8.70. The first kappa shape index (κ1) is 13.2. The summed E-state index contributed by atoms with van der Waals surface area (Å²) in [6.07, 6.45) is 2.47. The van der Waals surface area contributed by atoms with Crippen molar-refractivity contribution in [3.63, 3.8) is 0 Å². The molecule has 3 N–H and O–H groups in total. The molecule has 0 bridgehead atoms. The van der Waals surface area contributed by atoms with E-state index in [1.807, 2.05) is 24.4 Å². The number of thiazole rings is 1. The normalized spacial score (nSPS) is 14.4. The number of aliphatic hydroxyl groups is 1. The fourth-order valence-corrected chi connectivity index (χ4v) is 2.80. The number of aromatic nitrogens is 1. The van der Waals surface area contributed by atoms with Crippen LogP contribution in [0.15, 0.2) is 35.8 Å². The first-order valence-corrected chi connectivity index (χ1v) is 6.84. The smallest absolute Gasteiger partial charge is 0.0935 e. The van der Waals surface area contributed by atoms with Crippen LogP contribution in [0.2, 0.25) is 0 Å². The standard InChI is InChI=1S/C14H18N2OS/c1-11-2-4-12(5-3-11)14(9-15,10-17)8-13-16-6-7-18-13/h2-7,17H,8-10,15H2,1H3. The highest BCUT2D eigenvalue weighted by Crippen LogP contribution is 2.28. The number of benzene rings is 1. The minimum atomic E-state index is -0.425. The third-order valence-electron chi connectivity index (χ3n) is 3.33. The molecule has 1 heterocycles. The van der Waals surface area contributed by atoms with Gasteiger partial charge in [0, 0.05) is 30.0 Å². The van der Waals surface area contributed by atoms with E-state index in [0.717, 1.165) is 10.6 Å². The van der Waals surface area contributed by atoms with Crippen molar-refractivity contribution in [3.8, 4) is 0 Å². The monoisotopic (exact) mass is 262 g/mol. The van der Waals surface area contributed by atoms with Crippen LogP contribution in [0, 0.1) is 6.92 Å². The van der Waals surface area contributed by atoms with Gasteiger partial charge in [-0.05, 0) is 12.5 Å². The highest BCUT2D eigenvalue weighted by molar-refractivity contribution is 7.09. The molecule has 1 unspecified atom stereocenters. The average Bonchev–Trinajstić information content (AvgIpc) is 2.90. The second-order valence-electron chi connectivity index (χ2n) is 4.61. The van der Waals surface area contributed by atoms with Gasteiger partial charge in [-0.25, -0.2) is 4.98 Å². The average molecular weight is 262 g/mol. The highest BCUT2D eigenvalue weighted by Gasteiger charge is 2.31. The molecule has 1 aromatic heterocycles. The molecule has 1 aromatic carbocycles. The van der Waals surface area contributed by atoms with E-state index in [0.29, 0.717) is 13.0 Å². The molecule has 0 spiro atoms. The fraction of sp³-hybridized carbons (Fsp3) is 0.357. The zero-order chi connectivity index (χ0) is 13.0. The summed E-state index contributed by atoms with van der Waals surface area (Å²) in [4.78, 5) is 4.29. The first-order valence-electron chi connectivity index (χ1n) is 5.97. The van der Waals surface area contributed by atoms with E-state index in [1.165, 1.54) is 5.56 Å². The molecule has 2 rings (SSSR count). The van der Waals surface area contributed by atoms with Crippen molar-refractivity contribution < 1.29 is 5.11 Å². The van der Waals surface area contributed by atoms with E-state index in [4.69, 9.17) is 5.73 Å². The molecule has 0 fully saturated rings. The molecule has 3 nitrogen and oxygen atoms in total. The van der Waals surface area contributed by atoms with Gasteiger partial charge in [0.25, 0.3) is 0 Å². The summed E-state index contributed by atoms with van der Waals surface area (Å²) >= 11 is 1.60. The molecule has 0 saturated heterocycles. The Morgan fingerprint density at radius 1 is 1.33 bits per heavy atom. The summed E-state index contributed by atoms with van der Waals surface area (Å²) in [7, 11) is 0. The topological polar surface area (TPSA) is 59.1 Å². The predicted octanol–water partition coefficient (Wildman–Crippen LogP) is 1.88. The van der Waals surface area contributed by atoms with Crippen molar-refractivity contribution in [1.82, 2.24) is 4.98 Å². The Morgan fingerprint density at radius 2 is 2.06 bits per heavy atom. The Kier molecular flexibility index (Phi) is 4.11. The van der Waals surface area contributed by atoms with Crippen LogP contribution in [0.1, 0.15) is 16.1 Å². The van der Waals surface area contributed by atoms with Crippen LogP contribution >= 0.6 is 11.3 Å². The van der Waals surface area contributed by atoms with Gasteiger partial charge in [-0.3, -0.25) is 0 Å². The van der Waals surface area contributed by atoms with E-state index in [1.54, 1.807) is 17.5 Å². The van der Waals surface area contributed by atoms with Crippen LogP contribution in [0.4, 0.5) is 0 Å². The second-order valence-corrected chi connectivity index (χ2v) is 5.59. The molecule has 0 radical (unpaired) electrons. The molecule has 4 heteroatoms. The molecule has 96 valence electrons. The number of aliphatic hydroxyl groups excluding tert-OH is 1. The molecule has 0 amide bonds. The summed E-state index contributed by atoms with van der Waals surface area (Å²) in [5, 5.41) is 12.8. The fourth-order valence-electron chi connectivity index (χ4n) is 2.04. The molecule has 0 aliphatic rings. The van der Waals surface area contributed by atoms with Crippen LogP contribution in [0.3, 0.4) is 0 Å². The molecular formula is C14H18N2OS. The molecule has 18 heavy (non-hydrogen) atoms. The van der Waals surface area contributed by atoms with Crippen molar-refractivity contribution in [2.45, 2.75) is 18.8 Å². The number of rotatable bonds is 5. The molecule has 0 aliphatic carbocycles. The lowest BCUT2D eigenvalue weighted by molar-refractivity contribution is 0.196. The lowest BCUT2D eigenvalue weighted by Gasteiger charge is -2.30. The number of nitrogens with two attached hydrogens (primary N) is 1. The zero-order valence-corrected chi connectivity index (χ0v) is 11.3. The Hall–Kier alpha value is -1.23. The third-order valence-corrected chi connectivity index (χ3v) is 4.11. The SMILES string of the molecule is Cc1ccc(C(CN)(CO)Cc2nccs2)cc1. The van der Waals surface area contributed by atoms with E-state index < -0.39 is 5.41 Å². The highest BCUT2D eigenvalue weighted by atomic mass is 32.1. The Bertz CT molecular complexity index is 475. The lowest BCUT2D eigenvalue weighted by Crippen LogP contribution is -2.41. The largest absolute Gasteiger partial charge is 0.395 e. The maximum atomic E-state index is 9.79. The Labute approximate surface area is 111 Å². The Balaban J connectivity index is 2.33. The predicted molar refractivity (Wildman–Crippen MR) is 74.8 cm³/mol. The summed E-state index contributed by atoms with van der Waals surface area (Å²) < 4.78 is 0. The molecule has 0 aliphatic heterocycles. The van der Waals surface area contributed by atoms with Crippen LogP contribution in [-0.2, 0) is 11.8 Å². The van der Waals surface area contributed by atoms with Crippen molar-refractivity contribution >= 4 is 11.3 Å². The lowest BCUT2D eigenvalue weighted by atomic mass is 9.78. The van der Waals surface area contributed by atoms with Gasteiger partial charge in [0.1, 0.15) is 0 Å². The van der Waals surface area contributed by atoms with Crippen LogP contribution < -0.4 is 5.73 Å². The number of nitrogens with zero attached hydrogens (tertiary/aromatic N) is 1. The number of hydrogen-bond donors (Lipinski definition) is 2. The van der Waals surface area contributed by atoms with E-state index in [-0.39, 0.29) is 6.61 Å². The molecule has 2 aromatic rings. The summed E-state index contributed by atoms with van der Waals surface area (Å²) in [6.45, 7) is 2.49. The van der Waals surface area contributed by atoms with Crippen molar-refractivity contribution in [2.75, 3.05) is 13.2 Å². The van der Waals surface area contributed by atoms with Gasteiger partial charge in [0.2, 0.25) is 0 Å². The van der Waals surface area contributed by atoms with Crippen molar-refractivity contribution in [3.05, 3.63) is 52.0 Å². The molecule has 0 saturated carbocycles. The minimum Gasteiger partial charge on any atom is -0.395 e. The Morgan fingerprint density at radius 3 is 2.56 bits per heavy atom. The summed E-state index contributed by atoms with van der Waals surface area (Å²) in [5.41, 5.74) is 7.78. The van der Waals surface area contributed by atoms with Gasteiger partial charge < -0.3 is 10.8 Å². The number of hydrogen-bond acceptors (Lipinski definition) is 4. The third kappa shape index (κ3) is 2.61. The maximum absolute atomic E-state index is 9.79. The van der Waals surface area contributed by atoms with Crippen molar-refractivity contribution in [1.29, 1.82) is 0 Å². The van der Waals surface area contributed by atoms with E-state index >= 15 is 0 Å². The van der Waals surface area contributed by atoms with E-state index in [9.17, 15) is 5.11 Å². The summed E-state index contributed by atoms with van der Waals surface area (Å²) in [6, 6.07) is 8.20. The van der Waals surface area contributed by atoms with Gasteiger partial charge in [0.15, 0.2) is 0 Å². The molecule has 1 atom stereocenters. The van der Waals surface area contributed by atoms with Crippen molar-refractivity contribution in [2.24, 2.45) is 5.73 Å². The quantitative estimate of drug-likeness (QED) is 0.865. The van der Waals surface area contributed by atoms with Gasteiger partial charge in [-0.2, -0.15) is 0 Å². The zero-order valence-electron chi connectivity index (χ0n) is 10.5. The van der Waals surface area contributed by atoms with Crippen LogP contribution in [0.5, 0.6) is 0 Å².